The SMILES string of the molecule is CCCC(C)(NC(=O)COc1cccc(CC)c1)C(=O)O. The van der Waals surface area contributed by atoms with Crippen LogP contribution in [0.5, 0.6) is 5.75 Å². The molecule has 0 heterocycles. The van der Waals surface area contributed by atoms with Crippen LogP contribution in [0.4, 0.5) is 0 Å². The van der Waals surface area contributed by atoms with Crippen molar-refractivity contribution in [2.75, 3.05) is 6.61 Å². The fourth-order valence-electron chi connectivity index (χ4n) is 2.07. The fraction of sp³-hybridized carbons (Fsp3) is 0.500. The standard InChI is InChI=1S/C16H23NO4/c1-4-9-16(3,15(19)20)17-14(18)11-21-13-8-6-7-12(5-2)10-13/h6-8,10H,4-5,9,11H2,1-3H3,(H,17,18)(H,19,20). The summed E-state index contributed by atoms with van der Waals surface area (Å²) < 4.78 is 5.41. The number of ether oxygens (including phenoxy) is 1. The average Bonchev–Trinajstić information content (AvgIpc) is 2.45. The van der Waals surface area contributed by atoms with Crippen LogP contribution in [0.25, 0.3) is 0 Å². The second kappa shape index (κ2) is 7.67. The highest BCUT2D eigenvalue weighted by molar-refractivity contribution is 5.87. The number of carbonyl (C=O) groups excluding carboxylic acids is 1. The fourth-order valence-corrected chi connectivity index (χ4v) is 2.07. The minimum absolute atomic E-state index is 0.195. The summed E-state index contributed by atoms with van der Waals surface area (Å²) in [5.41, 5.74) is -0.130. The van der Waals surface area contributed by atoms with Crippen LogP contribution >= 0.6 is 0 Å². The van der Waals surface area contributed by atoms with Crippen LogP contribution in [-0.4, -0.2) is 29.1 Å². The van der Waals surface area contributed by atoms with Gasteiger partial charge < -0.3 is 15.2 Å². The molecule has 0 aliphatic heterocycles. The van der Waals surface area contributed by atoms with Crippen molar-refractivity contribution >= 4 is 11.9 Å². The Labute approximate surface area is 125 Å². The van der Waals surface area contributed by atoms with E-state index in [-0.39, 0.29) is 6.61 Å². The van der Waals surface area contributed by atoms with Gasteiger partial charge in [0.15, 0.2) is 6.61 Å². The van der Waals surface area contributed by atoms with Gasteiger partial charge in [0, 0.05) is 0 Å². The number of hydrogen-bond acceptors (Lipinski definition) is 3. The molecule has 0 aromatic heterocycles. The largest absolute Gasteiger partial charge is 0.484 e. The molecule has 1 atom stereocenters. The number of benzene rings is 1. The number of amides is 1. The Morgan fingerprint density at radius 1 is 1.33 bits per heavy atom. The van der Waals surface area contributed by atoms with Gasteiger partial charge in [-0.1, -0.05) is 32.4 Å². The van der Waals surface area contributed by atoms with Crippen LogP contribution in [-0.2, 0) is 16.0 Å². The van der Waals surface area contributed by atoms with Crippen molar-refractivity contribution in [3.8, 4) is 5.75 Å². The Kier molecular flexibility index (Phi) is 6.21. The Morgan fingerprint density at radius 3 is 2.62 bits per heavy atom. The highest BCUT2D eigenvalue weighted by Crippen LogP contribution is 2.15. The van der Waals surface area contributed by atoms with Gasteiger partial charge >= 0.3 is 5.97 Å². The monoisotopic (exact) mass is 293 g/mol. The van der Waals surface area contributed by atoms with Crippen LogP contribution in [0.1, 0.15) is 39.2 Å². The van der Waals surface area contributed by atoms with E-state index >= 15 is 0 Å². The highest BCUT2D eigenvalue weighted by Gasteiger charge is 2.33. The maximum absolute atomic E-state index is 11.9. The predicted molar refractivity (Wildman–Crippen MR) is 80.4 cm³/mol. The third kappa shape index (κ3) is 5.10. The van der Waals surface area contributed by atoms with Gasteiger partial charge in [0.25, 0.3) is 5.91 Å². The number of rotatable bonds is 8. The molecule has 0 fully saturated rings. The normalized spacial score (nSPS) is 13.3. The van der Waals surface area contributed by atoms with Crippen molar-refractivity contribution in [1.82, 2.24) is 5.32 Å². The van der Waals surface area contributed by atoms with Crippen molar-refractivity contribution < 1.29 is 19.4 Å². The van der Waals surface area contributed by atoms with E-state index in [0.717, 1.165) is 12.0 Å². The molecule has 1 aromatic rings. The molecule has 1 unspecified atom stereocenters. The van der Waals surface area contributed by atoms with Gasteiger partial charge in [0.1, 0.15) is 11.3 Å². The van der Waals surface area contributed by atoms with Gasteiger partial charge in [-0.25, -0.2) is 4.79 Å². The summed E-state index contributed by atoms with van der Waals surface area (Å²) in [6.07, 6.45) is 1.93. The third-order valence-corrected chi connectivity index (χ3v) is 3.31. The van der Waals surface area contributed by atoms with E-state index in [9.17, 15) is 14.7 Å². The smallest absolute Gasteiger partial charge is 0.329 e. The first-order chi connectivity index (χ1) is 9.91. The average molecular weight is 293 g/mol. The number of hydrogen-bond donors (Lipinski definition) is 2. The van der Waals surface area contributed by atoms with Crippen LogP contribution in [0, 0.1) is 0 Å². The lowest BCUT2D eigenvalue weighted by Crippen LogP contribution is -2.53. The van der Waals surface area contributed by atoms with Crippen molar-refractivity contribution in [3.63, 3.8) is 0 Å². The number of aliphatic carboxylic acids is 1. The molecule has 5 nitrogen and oxygen atoms in total. The molecule has 0 bridgehead atoms. The number of aryl methyl sites for hydroxylation is 1. The summed E-state index contributed by atoms with van der Waals surface area (Å²) in [5, 5.41) is 11.7. The van der Waals surface area contributed by atoms with E-state index in [2.05, 4.69) is 5.32 Å². The minimum atomic E-state index is -1.25. The summed E-state index contributed by atoms with van der Waals surface area (Å²) in [5.74, 6) is -0.863. The van der Waals surface area contributed by atoms with Crippen LogP contribution in [0.3, 0.4) is 0 Å². The Balaban J connectivity index is 2.58. The third-order valence-electron chi connectivity index (χ3n) is 3.31. The Morgan fingerprint density at radius 2 is 2.05 bits per heavy atom. The van der Waals surface area contributed by atoms with Gasteiger partial charge in [0.05, 0.1) is 0 Å². The van der Waals surface area contributed by atoms with Crippen LogP contribution < -0.4 is 10.1 Å². The topological polar surface area (TPSA) is 75.6 Å². The quantitative estimate of drug-likeness (QED) is 0.771. The van der Waals surface area contributed by atoms with Gasteiger partial charge in [0.2, 0.25) is 0 Å². The van der Waals surface area contributed by atoms with Crippen molar-refractivity contribution in [1.29, 1.82) is 0 Å². The van der Waals surface area contributed by atoms with Gasteiger partial charge in [-0.15, -0.1) is 0 Å². The maximum Gasteiger partial charge on any atom is 0.329 e. The predicted octanol–water partition coefficient (Wildman–Crippen LogP) is 2.39. The lowest BCUT2D eigenvalue weighted by atomic mass is 9.96. The molecule has 0 aliphatic carbocycles. The number of carboxylic acid groups (broad SMARTS) is 1. The van der Waals surface area contributed by atoms with Crippen molar-refractivity contribution in [2.24, 2.45) is 0 Å². The summed E-state index contributed by atoms with van der Waals surface area (Å²) in [6, 6.07) is 7.49. The Bertz CT molecular complexity index is 501. The first-order valence-electron chi connectivity index (χ1n) is 7.17. The number of carbonyl (C=O) groups is 2. The molecule has 0 saturated heterocycles. The summed E-state index contributed by atoms with van der Waals surface area (Å²) in [7, 11) is 0. The molecular formula is C16H23NO4. The summed E-state index contributed by atoms with van der Waals surface area (Å²) in [4.78, 5) is 23.1. The first-order valence-corrected chi connectivity index (χ1v) is 7.17. The summed E-state index contributed by atoms with van der Waals surface area (Å²) >= 11 is 0. The molecule has 1 amide bonds. The van der Waals surface area contributed by atoms with Crippen LogP contribution in [0.2, 0.25) is 0 Å². The molecule has 1 aromatic carbocycles. The lowest BCUT2D eigenvalue weighted by Gasteiger charge is -2.25. The minimum Gasteiger partial charge on any atom is -0.484 e. The molecule has 21 heavy (non-hydrogen) atoms. The van der Waals surface area contributed by atoms with Gasteiger partial charge in [-0.05, 0) is 37.5 Å². The zero-order valence-electron chi connectivity index (χ0n) is 12.8. The van der Waals surface area contributed by atoms with E-state index in [1.807, 2.05) is 32.0 Å². The van der Waals surface area contributed by atoms with E-state index in [1.165, 1.54) is 6.92 Å². The lowest BCUT2D eigenvalue weighted by molar-refractivity contribution is -0.147. The molecule has 2 N–H and O–H groups in total. The van der Waals surface area contributed by atoms with E-state index in [0.29, 0.717) is 18.6 Å². The van der Waals surface area contributed by atoms with E-state index in [1.54, 1.807) is 6.07 Å². The maximum atomic E-state index is 11.9. The zero-order valence-corrected chi connectivity index (χ0v) is 12.8. The zero-order chi connectivity index (χ0) is 15.9. The molecular weight excluding hydrogens is 270 g/mol. The number of nitrogens with one attached hydrogen (secondary N) is 1. The van der Waals surface area contributed by atoms with Crippen molar-refractivity contribution in [2.45, 2.75) is 45.6 Å². The molecule has 0 saturated carbocycles. The Hall–Kier alpha value is -2.04. The second-order valence-electron chi connectivity index (χ2n) is 5.23. The second-order valence-corrected chi connectivity index (χ2v) is 5.23. The van der Waals surface area contributed by atoms with E-state index in [4.69, 9.17) is 4.74 Å². The molecule has 0 radical (unpaired) electrons. The molecule has 1 rings (SSSR count). The first kappa shape index (κ1) is 17.0. The van der Waals surface area contributed by atoms with Gasteiger partial charge in [-0.3, -0.25) is 4.79 Å². The van der Waals surface area contributed by atoms with E-state index < -0.39 is 17.4 Å². The van der Waals surface area contributed by atoms with Crippen molar-refractivity contribution in [3.05, 3.63) is 29.8 Å². The van der Waals surface area contributed by atoms with Gasteiger partial charge in [-0.2, -0.15) is 0 Å². The molecule has 5 heteroatoms. The highest BCUT2D eigenvalue weighted by atomic mass is 16.5. The molecule has 0 spiro atoms. The number of carboxylic acids is 1. The molecule has 116 valence electrons. The molecule has 0 aliphatic rings. The van der Waals surface area contributed by atoms with Crippen LogP contribution in [0.15, 0.2) is 24.3 Å². The summed E-state index contributed by atoms with van der Waals surface area (Å²) in [6.45, 7) is 5.23.